The minimum atomic E-state index is -0.982. The SMILES string of the molecule is CCC(CC)C(=O)N(C(=O)[C@@H]1CCCN1)[C@H](Cc1ccc2ccccc2c1)C(=O)NCC(CN)OC. The maximum atomic E-state index is 13.8. The predicted molar refractivity (Wildman–Crippen MR) is 141 cm³/mol. The van der Waals surface area contributed by atoms with E-state index in [1.54, 1.807) is 0 Å². The van der Waals surface area contributed by atoms with Crippen molar-refractivity contribution in [2.75, 3.05) is 26.7 Å². The summed E-state index contributed by atoms with van der Waals surface area (Å²) < 4.78 is 5.31. The fourth-order valence-corrected chi connectivity index (χ4v) is 4.80. The number of ether oxygens (including phenoxy) is 1. The minimum absolute atomic E-state index is 0.197. The van der Waals surface area contributed by atoms with Crippen LogP contribution in [0.15, 0.2) is 42.5 Å². The summed E-state index contributed by atoms with van der Waals surface area (Å²) in [7, 11) is 1.54. The number of hydrogen-bond donors (Lipinski definition) is 3. The van der Waals surface area contributed by atoms with Crippen molar-refractivity contribution < 1.29 is 19.1 Å². The molecule has 0 bridgehead atoms. The summed E-state index contributed by atoms with van der Waals surface area (Å²) >= 11 is 0. The molecule has 1 unspecified atom stereocenters. The molecule has 4 N–H and O–H groups in total. The van der Waals surface area contributed by atoms with E-state index >= 15 is 0 Å². The van der Waals surface area contributed by atoms with Gasteiger partial charge in [-0.05, 0) is 48.6 Å². The van der Waals surface area contributed by atoms with Crippen molar-refractivity contribution in [2.45, 2.75) is 64.1 Å². The van der Waals surface area contributed by atoms with Crippen LogP contribution in [-0.4, -0.2) is 67.6 Å². The summed E-state index contributed by atoms with van der Waals surface area (Å²) in [5.41, 5.74) is 6.61. The van der Waals surface area contributed by atoms with Crippen LogP contribution in [0.25, 0.3) is 10.8 Å². The number of rotatable bonds is 12. The molecule has 0 saturated carbocycles. The number of methoxy groups -OCH3 is 1. The zero-order valence-electron chi connectivity index (χ0n) is 21.7. The molecule has 196 valence electrons. The molecule has 0 aliphatic carbocycles. The highest BCUT2D eigenvalue weighted by Gasteiger charge is 2.40. The van der Waals surface area contributed by atoms with E-state index in [1.165, 1.54) is 12.0 Å². The number of carbonyl (C=O) groups excluding carboxylic acids is 3. The Kier molecular flexibility index (Phi) is 10.4. The Morgan fingerprint density at radius 2 is 1.86 bits per heavy atom. The van der Waals surface area contributed by atoms with Crippen LogP contribution in [0, 0.1) is 5.92 Å². The lowest BCUT2D eigenvalue weighted by atomic mass is 9.96. The van der Waals surface area contributed by atoms with Crippen molar-refractivity contribution in [2.24, 2.45) is 11.7 Å². The van der Waals surface area contributed by atoms with Gasteiger partial charge in [0.1, 0.15) is 6.04 Å². The molecule has 1 fully saturated rings. The highest BCUT2D eigenvalue weighted by Crippen LogP contribution is 2.23. The Labute approximate surface area is 213 Å². The molecule has 3 amide bonds. The first kappa shape index (κ1) is 27.8. The van der Waals surface area contributed by atoms with E-state index in [0.717, 1.165) is 29.3 Å². The van der Waals surface area contributed by atoms with Gasteiger partial charge in [0.05, 0.1) is 12.1 Å². The monoisotopic (exact) mass is 496 g/mol. The molecular formula is C28H40N4O4. The molecular weight excluding hydrogens is 456 g/mol. The van der Waals surface area contributed by atoms with Gasteiger partial charge in [0.25, 0.3) is 0 Å². The molecule has 1 heterocycles. The lowest BCUT2D eigenvalue weighted by molar-refractivity contribution is -0.155. The van der Waals surface area contributed by atoms with E-state index in [2.05, 4.69) is 10.6 Å². The summed E-state index contributed by atoms with van der Waals surface area (Å²) in [4.78, 5) is 42.4. The fraction of sp³-hybridized carbons (Fsp3) is 0.536. The standard InChI is InChI=1S/C28H40N4O4/c1-4-20(5-2)27(34)32(28(35)24-11-8-14-30-24)25(26(33)31-18-23(17-29)36-3)16-19-12-13-21-9-6-7-10-22(21)15-19/h6-7,9-10,12-13,15,20,23-25,30H,4-5,8,11,14,16-18,29H2,1-3H3,(H,31,33)/t23?,24-,25+/m0/s1. The lowest BCUT2D eigenvalue weighted by Gasteiger charge is -2.34. The normalized spacial score (nSPS) is 17.2. The first-order valence-corrected chi connectivity index (χ1v) is 13.0. The zero-order valence-corrected chi connectivity index (χ0v) is 21.7. The predicted octanol–water partition coefficient (Wildman–Crippen LogP) is 2.38. The van der Waals surface area contributed by atoms with Crippen LogP contribution in [0.2, 0.25) is 0 Å². The third-order valence-corrected chi connectivity index (χ3v) is 7.13. The molecule has 3 atom stereocenters. The van der Waals surface area contributed by atoms with Crippen molar-refractivity contribution in [3.8, 4) is 0 Å². The van der Waals surface area contributed by atoms with Crippen LogP contribution in [0.3, 0.4) is 0 Å². The second-order valence-corrected chi connectivity index (χ2v) is 9.45. The van der Waals surface area contributed by atoms with Gasteiger partial charge in [-0.1, -0.05) is 56.3 Å². The Hall–Kier alpha value is -2.81. The van der Waals surface area contributed by atoms with E-state index in [0.29, 0.717) is 19.3 Å². The second-order valence-electron chi connectivity index (χ2n) is 9.45. The first-order valence-electron chi connectivity index (χ1n) is 13.0. The molecule has 2 aromatic carbocycles. The molecule has 3 rings (SSSR count). The fourth-order valence-electron chi connectivity index (χ4n) is 4.80. The van der Waals surface area contributed by atoms with Crippen molar-refractivity contribution in [3.05, 3.63) is 48.0 Å². The quantitative estimate of drug-likeness (QED) is 0.416. The van der Waals surface area contributed by atoms with Crippen LogP contribution in [0.1, 0.15) is 45.1 Å². The van der Waals surface area contributed by atoms with Gasteiger partial charge in [-0.15, -0.1) is 0 Å². The maximum absolute atomic E-state index is 13.8. The smallest absolute Gasteiger partial charge is 0.247 e. The molecule has 36 heavy (non-hydrogen) atoms. The third kappa shape index (κ3) is 6.69. The average Bonchev–Trinajstić information content (AvgIpc) is 3.44. The highest BCUT2D eigenvalue weighted by atomic mass is 16.5. The van der Waals surface area contributed by atoms with E-state index in [4.69, 9.17) is 10.5 Å². The third-order valence-electron chi connectivity index (χ3n) is 7.13. The van der Waals surface area contributed by atoms with E-state index in [9.17, 15) is 14.4 Å². The van der Waals surface area contributed by atoms with Gasteiger partial charge >= 0.3 is 0 Å². The number of benzene rings is 2. The maximum Gasteiger partial charge on any atom is 0.247 e. The number of nitrogens with two attached hydrogens (primary N) is 1. The molecule has 1 aliphatic rings. The van der Waals surface area contributed by atoms with Gasteiger partial charge < -0.3 is 21.1 Å². The first-order chi connectivity index (χ1) is 17.4. The van der Waals surface area contributed by atoms with Gasteiger partial charge in [-0.25, -0.2) is 0 Å². The van der Waals surface area contributed by atoms with Crippen LogP contribution in [-0.2, 0) is 25.5 Å². The second kappa shape index (κ2) is 13.5. The van der Waals surface area contributed by atoms with E-state index < -0.39 is 12.1 Å². The van der Waals surface area contributed by atoms with Crippen molar-refractivity contribution in [1.82, 2.24) is 15.5 Å². The van der Waals surface area contributed by atoms with Gasteiger partial charge in [0.15, 0.2) is 0 Å². The Balaban J connectivity index is 1.99. The number of nitrogens with zero attached hydrogens (tertiary/aromatic N) is 1. The number of nitrogens with one attached hydrogen (secondary N) is 2. The number of amides is 3. The Morgan fingerprint density at radius 3 is 2.47 bits per heavy atom. The molecule has 8 heteroatoms. The molecule has 0 aromatic heterocycles. The van der Waals surface area contributed by atoms with E-state index in [-0.39, 0.29) is 49.3 Å². The van der Waals surface area contributed by atoms with Gasteiger partial charge in [-0.2, -0.15) is 0 Å². The summed E-state index contributed by atoms with van der Waals surface area (Å²) in [5.74, 6) is -1.34. The molecule has 0 spiro atoms. The highest BCUT2D eigenvalue weighted by molar-refractivity contribution is 6.03. The molecule has 2 aromatic rings. The number of imide groups is 1. The lowest BCUT2D eigenvalue weighted by Crippen LogP contribution is -2.59. The van der Waals surface area contributed by atoms with Crippen LogP contribution < -0.4 is 16.4 Å². The summed E-state index contributed by atoms with van der Waals surface area (Å²) in [6.07, 6.45) is 2.57. The minimum Gasteiger partial charge on any atom is -0.378 e. The largest absolute Gasteiger partial charge is 0.378 e. The number of carbonyl (C=O) groups is 3. The number of fused-ring (bicyclic) bond motifs is 1. The zero-order chi connectivity index (χ0) is 26.1. The molecule has 0 radical (unpaired) electrons. The van der Waals surface area contributed by atoms with Crippen molar-refractivity contribution in [3.63, 3.8) is 0 Å². The Bertz CT molecular complexity index is 1020. The average molecular weight is 497 g/mol. The van der Waals surface area contributed by atoms with Gasteiger partial charge in [-0.3, -0.25) is 19.3 Å². The van der Waals surface area contributed by atoms with Crippen molar-refractivity contribution in [1.29, 1.82) is 0 Å². The van der Waals surface area contributed by atoms with Gasteiger partial charge in [0, 0.05) is 32.5 Å². The van der Waals surface area contributed by atoms with Crippen LogP contribution in [0.5, 0.6) is 0 Å². The molecule has 8 nitrogen and oxygen atoms in total. The summed E-state index contributed by atoms with van der Waals surface area (Å²) in [5, 5.41) is 8.22. The van der Waals surface area contributed by atoms with Crippen LogP contribution in [0.4, 0.5) is 0 Å². The van der Waals surface area contributed by atoms with Crippen LogP contribution >= 0.6 is 0 Å². The van der Waals surface area contributed by atoms with Gasteiger partial charge in [0.2, 0.25) is 17.7 Å². The summed E-state index contributed by atoms with van der Waals surface area (Å²) in [6, 6.07) is 12.5. The molecule has 1 saturated heterocycles. The summed E-state index contributed by atoms with van der Waals surface area (Å²) in [6.45, 7) is 5.03. The van der Waals surface area contributed by atoms with Crippen molar-refractivity contribution >= 4 is 28.5 Å². The van der Waals surface area contributed by atoms with E-state index in [1.807, 2.05) is 56.3 Å². The Morgan fingerprint density at radius 1 is 1.14 bits per heavy atom. The molecule has 1 aliphatic heterocycles. The topological polar surface area (TPSA) is 114 Å². The number of hydrogen-bond acceptors (Lipinski definition) is 6.